The summed E-state index contributed by atoms with van der Waals surface area (Å²) in [4.78, 5) is 13.4. The second-order valence-electron chi connectivity index (χ2n) is 8.03. The van der Waals surface area contributed by atoms with Gasteiger partial charge in [-0.05, 0) is 36.2 Å². The number of para-hydroxylation sites is 1. The van der Waals surface area contributed by atoms with Crippen molar-refractivity contribution in [1.82, 2.24) is 9.97 Å². The molecule has 0 fully saturated rings. The normalized spacial score (nSPS) is 13.5. The minimum absolute atomic E-state index is 0. The van der Waals surface area contributed by atoms with Crippen LogP contribution in [0.4, 0.5) is 0 Å². The van der Waals surface area contributed by atoms with E-state index in [1.165, 1.54) is 10.8 Å². The molecule has 3 heterocycles. The van der Waals surface area contributed by atoms with Gasteiger partial charge >= 0.3 is 0 Å². The van der Waals surface area contributed by atoms with Gasteiger partial charge in [0.05, 0.1) is 11.2 Å². The minimum Gasteiger partial charge on any atom is -0.661 e. The Labute approximate surface area is 213 Å². The SMILES string of the molecule is CC1=N/C(=C\c2ccc(C)[n-]2)C=C1.[Ir].[c-]1cc2ccccc2cc1-c1ccc2ccccc2n1. The molecule has 0 bridgehead atoms. The van der Waals surface area contributed by atoms with Crippen LogP contribution in [0, 0.1) is 13.0 Å². The molecule has 1 radical (unpaired) electrons. The largest absolute Gasteiger partial charge is 0.661 e. The molecule has 0 spiro atoms. The zero-order chi connectivity index (χ0) is 22.6. The van der Waals surface area contributed by atoms with Crippen molar-refractivity contribution in [3.8, 4) is 11.3 Å². The van der Waals surface area contributed by atoms with Crippen LogP contribution in [-0.2, 0) is 20.1 Å². The maximum absolute atomic E-state index is 4.72. The van der Waals surface area contributed by atoms with Crippen LogP contribution >= 0.6 is 0 Å². The van der Waals surface area contributed by atoms with Gasteiger partial charge in [0.1, 0.15) is 0 Å². The Kier molecular flexibility index (Phi) is 7.32. The summed E-state index contributed by atoms with van der Waals surface area (Å²) in [5, 5.41) is 3.59. The molecule has 0 saturated carbocycles. The first-order valence-corrected chi connectivity index (χ1v) is 11.0. The summed E-state index contributed by atoms with van der Waals surface area (Å²) in [6.45, 7) is 3.97. The number of allylic oxidation sites excluding steroid dienone is 2. The first-order chi connectivity index (χ1) is 16.1. The number of aliphatic imine (C=N–C) groups is 1. The van der Waals surface area contributed by atoms with Crippen LogP contribution < -0.4 is 4.98 Å². The van der Waals surface area contributed by atoms with Crippen LogP contribution in [0.3, 0.4) is 0 Å². The van der Waals surface area contributed by atoms with Crippen LogP contribution in [0.5, 0.6) is 0 Å². The van der Waals surface area contributed by atoms with E-state index < -0.39 is 0 Å². The number of benzene rings is 3. The van der Waals surface area contributed by atoms with Crippen LogP contribution in [0.15, 0.2) is 108 Å². The number of fused-ring (bicyclic) bond motifs is 2. The maximum atomic E-state index is 4.72. The smallest absolute Gasteiger partial charge is 0.0621 e. The number of aryl methyl sites for hydroxylation is 1. The third-order valence-corrected chi connectivity index (χ3v) is 5.45. The molecule has 5 aromatic rings. The van der Waals surface area contributed by atoms with Crippen LogP contribution in [0.25, 0.3) is 39.0 Å². The average molecular weight is 618 g/mol. The molecule has 1 aliphatic rings. The Hall–Kier alpha value is -3.59. The van der Waals surface area contributed by atoms with Crippen molar-refractivity contribution in [2.75, 3.05) is 0 Å². The van der Waals surface area contributed by atoms with Crippen molar-refractivity contribution >= 4 is 33.5 Å². The first-order valence-electron chi connectivity index (χ1n) is 11.0. The van der Waals surface area contributed by atoms with Crippen molar-refractivity contribution in [2.24, 2.45) is 4.99 Å². The van der Waals surface area contributed by atoms with E-state index in [0.717, 1.165) is 45.0 Å². The standard InChI is InChI=1S/C19H12N.C11H11N2.Ir/c1-2-7-16-13-17(10-9-14(16)5-1)19-12-11-15-6-3-4-8-18(15)20-19;1-8-3-5-10(12-8)7-11-6-4-9(2)13-11;/h1-9,11-13H;3-7H,1-2H3;/q2*-1;/b;10-7-;. The molecule has 0 unspecified atom stereocenters. The number of nitrogens with zero attached hydrogens (tertiary/aromatic N) is 3. The molecule has 2 aromatic heterocycles. The van der Waals surface area contributed by atoms with E-state index >= 15 is 0 Å². The Morgan fingerprint density at radius 2 is 1.56 bits per heavy atom. The van der Waals surface area contributed by atoms with Gasteiger partial charge in [-0.15, -0.1) is 34.8 Å². The number of pyridine rings is 1. The molecular weight excluding hydrogens is 595 g/mol. The molecule has 6 rings (SSSR count). The second-order valence-corrected chi connectivity index (χ2v) is 8.03. The number of aromatic nitrogens is 2. The Bertz CT molecular complexity index is 1460. The fraction of sp³-hybridized carbons (Fsp3) is 0.0667. The van der Waals surface area contributed by atoms with Gasteiger partial charge in [0.2, 0.25) is 0 Å². The first kappa shape index (κ1) is 23.6. The van der Waals surface area contributed by atoms with Crippen molar-refractivity contribution in [2.45, 2.75) is 13.8 Å². The molecule has 0 atom stereocenters. The number of hydrogen-bond donors (Lipinski definition) is 0. The molecule has 0 amide bonds. The molecule has 169 valence electrons. The topological polar surface area (TPSA) is 39.4 Å². The third-order valence-electron chi connectivity index (χ3n) is 5.45. The van der Waals surface area contributed by atoms with Gasteiger partial charge in [-0.1, -0.05) is 85.1 Å². The zero-order valence-electron chi connectivity index (χ0n) is 19.0. The van der Waals surface area contributed by atoms with E-state index in [1.807, 2.05) is 74.5 Å². The van der Waals surface area contributed by atoms with Crippen molar-refractivity contribution in [1.29, 1.82) is 0 Å². The predicted octanol–water partition coefficient (Wildman–Crippen LogP) is 7.18. The van der Waals surface area contributed by atoms with Crippen molar-refractivity contribution in [3.05, 3.63) is 120 Å². The van der Waals surface area contributed by atoms with Crippen LogP contribution in [-0.4, -0.2) is 10.7 Å². The van der Waals surface area contributed by atoms with Crippen LogP contribution in [0.2, 0.25) is 0 Å². The average Bonchev–Trinajstić information content (AvgIpc) is 3.46. The Balaban J connectivity index is 0.000000171. The van der Waals surface area contributed by atoms with Gasteiger partial charge in [0.25, 0.3) is 0 Å². The number of hydrogen-bond acceptors (Lipinski definition) is 2. The molecule has 3 nitrogen and oxygen atoms in total. The van der Waals surface area contributed by atoms with Gasteiger partial charge in [0.15, 0.2) is 0 Å². The Morgan fingerprint density at radius 1 is 0.794 bits per heavy atom. The number of rotatable bonds is 2. The Morgan fingerprint density at radius 3 is 2.29 bits per heavy atom. The van der Waals surface area contributed by atoms with E-state index in [4.69, 9.17) is 4.98 Å². The summed E-state index contributed by atoms with van der Waals surface area (Å²) in [7, 11) is 0. The summed E-state index contributed by atoms with van der Waals surface area (Å²) in [5.74, 6) is 0. The summed E-state index contributed by atoms with van der Waals surface area (Å²) >= 11 is 0. The fourth-order valence-electron chi connectivity index (χ4n) is 3.77. The zero-order valence-corrected chi connectivity index (χ0v) is 21.4. The fourth-order valence-corrected chi connectivity index (χ4v) is 3.77. The van der Waals surface area contributed by atoms with Gasteiger partial charge < -0.3 is 4.98 Å². The van der Waals surface area contributed by atoms with Crippen LogP contribution in [0.1, 0.15) is 18.3 Å². The third kappa shape index (κ3) is 5.48. The van der Waals surface area contributed by atoms with Crippen molar-refractivity contribution < 1.29 is 20.1 Å². The molecule has 0 N–H and O–H groups in total. The molecular formula is C30H23IrN3-2. The van der Waals surface area contributed by atoms with E-state index in [1.54, 1.807) is 0 Å². The molecule has 4 heteroatoms. The quantitative estimate of drug-likeness (QED) is 0.197. The molecule has 34 heavy (non-hydrogen) atoms. The van der Waals surface area contributed by atoms with Crippen molar-refractivity contribution in [3.63, 3.8) is 0 Å². The molecule has 1 aliphatic heterocycles. The minimum atomic E-state index is 0. The molecule has 3 aromatic carbocycles. The molecule has 0 aliphatic carbocycles. The van der Waals surface area contributed by atoms with E-state index in [-0.39, 0.29) is 20.1 Å². The van der Waals surface area contributed by atoms with E-state index in [0.29, 0.717) is 0 Å². The maximum Gasteiger partial charge on any atom is 0.0621 e. The second kappa shape index (κ2) is 10.6. The monoisotopic (exact) mass is 618 g/mol. The van der Waals surface area contributed by atoms with E-state index in [9.17, 15) is 0 Å². The summed E-state index contributed by atoms with van der Waals surface area (Å²) in [6, 6.07) is 32.2. The van der Waals surface area contributed by atoms with Gasteiger partial charge in [-0.2, -0.15) is 5.69 Å². The van der Waals surface area contributed by atoms with Gasteiger partial charge in [0, 0.05) is 25.8 Å². The van der Waals surface area contributed by atoms with Gasteiger partial charge in [-0.25, -0.2) is 0 Å². The summed E-state index contributed by atoms with van der Waals surface area (Å²) in [5.41, 5.74) is 7.09. The predicted molar refractivity (Wildman–Crippen MR) is 138 cm³/mol. The van der Waals surface area contributed by atoms with E-state index in [2.05, 4.69) is 58.5 Å². The summed E-state index contributed by atoms with van der Waals surface area (Å²) < 4.78 is 0. The summed E-state index contributed by atoms with van der Waals surface area (Å²) in [6.07, 6.45) is 5.99. The molecule has 0 saturated heterocycles. The van der Waals surface area contributed by atoms with Gasteiger partial charge in [-0.3, -0.25) is 9.98 Å².